The van der Waals surface area contributed by atoms with Crippen LogP contribution in [0.15, 0.2) is 0 Å². The zero-order valence-corrected chi connectivity index (χ0v) is 7.13. The third kappa shape index (κ3) is 4.77. The second-order valence-corrected chi connectivity index (χ2v) is 2.67. The molecule has 0 aliphatic heterocycles. The van der Waals surface area contributed by atoms with Gasteiger partial charge >= 0.3 is 0 Å². The second-order valence-electron chi connectivity index (χ2n) is 2.67. The Morgan fingerprint density at radius 3 is 2.40 bits per heavy atom. The van der Waals surface area contributed by atoms with Crippen LogP contribution in [-0.2, 0) is 4.74 Å². The summed E-state index contributed by atoms with van der Waals surface area (Å²) in [6, 6.07) is 0. The maximum Gasteiger partial charge on any atom is 0.0803 e. The quantitative estimate of drug-likeness (QED) is 0.597. The number of rotatable bonds is 5. The maximum absolute atomic E-state index is 9.00. The largest absolute Gasteiger partial charge is 0.391 e. The fourth-order valence-electron chi connectivity index (χ4n) is 0.553. The monoisotopic (exact) mass is 146 g/mol. The molecule has 0 radical (unpaired) electrons. The lowest BCUT2D eigenvalue weighted by atomic mass is 10.2. The Hall–Kier alpha value is -0.0800. The summed E-state index contributed by atoms with van der Waals surface area (Å²) in [5.41, 5.74) is 0. The zero-order valence-electron chi connectivity index (χ0n) is 7.13. The average Bonchev–Trinajstić information content (AvgIpc) is 1.88. The molecule has 62 valence electrons. The number of aliphatic hydroxyl groups excluding tert-OH is 1. The number of hydrogen-bond donors (Lipinski definition) is 1. The van der Waals surface area contributed by atoms with Crippen molar-refractivity contribution in [3.8, 4) is 0 Å². The Bertz CT molecular complexity index is 71.7. The third-order valence-corrected chi connectivity index (χ3v) is 1.56. The van der Waals surface area contributed by atoms with Crippen LogP contribution in [0, 0.1) is 0 Å². The topological polar surface area (TPSA) is 29.5 Å². The van der Waals surface area contributed by atoms with Gasteiger partial charge in [-0.05, 0) is 20.3 Å². The molecule has 0 bridgehead atoms. The van der Waals surface area contributed by atoms with Gasteiger partial charge in [-0.25, -0.2) is 0 Å². The molecule has 0 amide bonds. The Labute approximate surface area is 63.2 Å². The van der Waals surface area contributed by atoms with Crippen molar-refractivity contribution in [2.24, 2.45) is 0 Å². The number of unbranched alkanes of at least 4 members (excludes halogenated alkanes) is 1. The van der Waals surface area contributed by atoms with Gasteiger partial charge in [-0.15, -0.1) is 0 Å². The van der Waals surface area contributed by atoms with E-state index < -0.39 is 0 Å². The smallest absolute Gasteiger partial charge is 0.0803 e. The van der Waals surface area contributed by atoms with Gasteiger partial charge in [0, 0.05) is 6.61 Å². The average molecular weight is 146 g/mol. The minimum Gasteiger partial charge on any atom is -0.391 e. The van der Waals surface area contributed by atoms with Gasteiger partial charge in [0.1, 0.15) is 0 Å². The van der Waals surface area contributed by atoms with Gasteiger partial charge in [0.2, 0.25) is 0 Å². The summed E-state index contributed by atoms with van der Waals surface area (Å²) in [5.74, 6) is 0. The van der Waals surface area contributed by atoms with Crippen LogP contribution in [0.25, 0.3) is 0 Å². The molecule has 0 rings (SSSR count). The van der Waals surface area contributed by atoms with Crippen molar-refractivity contribution in [2.45, 2.75) is 45.8 Å². The van der Waals surface area contributed by atoms with E-state index in [1.54, 1.807) is 6.92 Å². The van der Waals surface area contributed by atoms with E-state index in [2.05, 4.69) is 6.92 Å². The Morgan fingerprint density at radius 1 is 1.40 bits per heavy atom. The fourth-order valence-corrected chi connectivity index (χ4v) is 0.553. The first kappa shape index (κ1) is 9.92. The standard InChI is InChI=1S/C8H18O2/c1-4-5-6-10-8(3)7(2)9/h7-9H,4-6H2,1-3H3/t7-,8-/m0/s1. The molecule has 0 fully saturated rings. The molecule has 0 aliphatic rings. The van der Waals surface area contributed by atoms with E-state index in [4.69, 9.17) is 9.84 Å². The molecule has 0 saturated heterocycles. The normalized spacial score (nSPS) is 16.8. The summed E-state index contributed by atoms with van der Waals surface area (Å²) in [5, 5.41) is 9.00. The molecule has 10 heavy (non-hydrogen) atoms. The molecule has 2 heteroatoms. The molecule has 0 heterocycles. The van der Waals surface area contributed by atoms with E-state index in [-0.39, 0.29) is 12.2 Å². The number of ether oxygens (including phenoxy) is 1. The molecule has 0 aromatic carbocycles. The molecule has 0 aromatic rings. The molecule has 2 nitrogen and oxygen atoms in total. The molecule has 0 spiro atoms. The Kier molecular flexibility index (Phi) is 5.64. The van der Waals surface area contributed by atoms with Crippen LogP contribution in [0.4, 0.5) is 0 Å². The summed E-state index contributed by atoms with van der Waals surface area (Å²) in [4.78, 5) is 0. The van der Waals surface area contributed by atoms with Crippen LogP contribution in [0.1, 0.15) is 33.6 Å². The minimum atomic E-state index is -0.350. The summed E-state index contributed by atoms with van der Waals surface area (Å²) in [6.45, 7) is 6.52. The lowest BCUT2D eigenvalue weighted by Gasteiger charge is -2.14. The molecule has 0 unspecified atom stereocenters. The molecule has 0 aromatic heterocycles. The highest BCUT2D eigenvalue weighted by atomic mass is 16.5. The first-order valence-corrected chi connectivity index (χ1v) is 3.98. The van der Waals surface area contributed by atoms with E-state index in [0.717, 1.165) is 19.4 Å². The predicted octanol–water partition coefficient (Wildman–Crippen LogP) is 1.57. The van der Waals surface area contributed by atoms with Crippen LogP contribution in [0.5, 0.6) is 0 Å². The van der Waals surface area contributed by atoms with Crippen LogP contribution >= 0.6 is 0 Å². The van der Waals surface area contributed by atoms with Crippen molar-refractivity contribution in [3.05, 3.63) is 0 Å². The highest BCUT2D eigenvalue weighted by molar-refractivity contribution is 4.56. The second kappa shape index (κ2) is 5.69. The van der Waals surface area contributed by atoms with Crippen LogP contribution in [0.2, 0.25) is 0 Å². The summed E-state index contributed by atoms with van der Waals surface area (Å²) in [7, 11) is 0. The van der Waals surface area contributed by atoms with Gasteiger partial charge in [0.15, 0.2) is 0 Å². The fraction of sp³-hybridized carbons (Fsp3) is 1.00. The Balaban J connectivity index is 3.13. The lowest BCUT2D eigenvalue weighted by molar-refractivity contribution is -0.0190. The number of hydrogen-bond acceptors (Lipinski definition) is 2. The van der Waals surface area contributed by atoms with E-state index in [1.807, 2.05) is 6.92 Å². The van der Waals surface area contributed by atoms with Crippen molar-refractivity contribution >= 4 is 0 Å². The first-order chi connectivity index (χ1) is 4.68. The van der Waals surface area contributed by atoms with E-state index >= 15 is 0 Å². The zero-order chi connectivity index (χ0) is 7.98. The van der Waals surface area contributed by atoms with Gasteiger partial charge in [-0.2, -0.15) is 0 Å². The number of aliphatic hydroxyl groups is 1. The lowest BCUT2D eigenvalue weighted by Crippen LogP contribution is -2.22. The van der Waals surface area contributed by atoms with Gasteiger partial charge < -0.3 is 9.84 Å². The summed E-state index contributed by atoms with van der Waals surface area (Å²) < 4.78 is 5.29. The van der Waals surface area contributed by atoms with Gasteiger partial charge in [0.05, 0.1) is 12.2 Å². The van der Waals surface area contributed by atoms with Gasteiger partial charge in [-0.3, -0.25) is 0 Å². The van der Waals surface area contributed by atoms with Crippen LogP contribution in [-0.4, -0.2) is 23.9 Å². The first-order valence-electron chi connectivity index (χ1n) is 3.98. The highest BCUT2D eigenvalue weighted by Crippen LogP contribution is 1.99. The van der Waals surface area contributed by atoms with E-state index in [9.17, 15) is 0 Å². The molecule has 0 aliphatic carbocycles. The molecular weight excluding hydrogens is 128 g/mol. The molecule has 0 saturated carbocycles. The summed E-state index contributed by atoms with van der Waals surface area (Å²) >= 11 is 0. The highest BCUT2D eigenvalue weighted by Gasteiger charge is 2.06. The predicted molar refractivity (Wildman–Crippen MR) is 42.0 cm³/mol. The minimum absolute atomic E-state index is 0.0217. The third-order valence-electron chi connectivity index (χ3n) is 1.56. The van der Waals surface area contributed by atoms with Crippen molar-refractivity contribution < 1.29 is 9.84 Å². The van der Waals surface area contributed by atoms with Crippen LogP contribution < -0.4 is 0 Å². The van der Waals surface area contributed by atoms with Gasteiger partial charge in [0.25, 0.3) is 0 Å². The van der Waals surface area contributed by atoms with Crippen molar-refractivity contribution in [1.82, 2.24) is 0 Å². The van der Waals surface area contributed by atoms with E-state index in [1.165, 1.54) is 0 Å². The van der Waals surface area contributed by atoms with E-state index in [0.29, 0.717) is 0 Å². The van der Waals surface area contributed by atoms with Crippen molar-refractivity contribution in [1.29, 1.82) is 0 Å². The van der Waals surface area contributed by atoms with Crippen molar-refractivity contribution in [3.63, 3.8) is 0 Å². The van der Waals surface area contributed by atoms with Crippen molar-refractivity contribution in [2.75, 3.05) is 6.61 Å². The molecule has 1 N–H and O–H groups in total. The molecule has 2 atom stereocenters. The summed E-state index contributed by atoms with van der Waals surface area (Å²) in [6.07, 6.45) is 1.85. The molecular formula is C8H18O2. The maximum atomic E-state index is 9.00. The van der Waals surface area contributed by atoms with Gasteiger partial charge in [-0.1, -0.05) is 13.3 Å². The van der Waals surface area contributed by atoms with Crippen LogP contribution in [0.3, 0.4) is 0 Å². The Morgan fingerprint density at radius 2 is 2.00 bits per heavy atom. The SMILES string of the molecule is CCCCO[C@@H](C)[C@H](C)O.